The van der Waals surface area contributed by atoms with Gasteiger partial charge in [0.2, 0.25) is 0 Å². The van der Waals surface area contributed by atoms with Crippen LogP contribution in [0.5, 0.6) is 0 Å². The van der Waals surface area contributed by atoms with E-state index < -0.39 is 0 Å². The lowest BCUT2D eigenvalue weighted by Crippen LogP contribution is -2.33. The first-order valence-corrected chi connectivity index (χ1v) is 7.59. The highest BCUT2D eigenvalue weighted by atomic mass is 79.9. The first-order valence-electron chi connectivity index (χ1n) is 6.79. The Bertz CT molecular complexity index is 615. The Labute approximate surface area is 130 Å². The molecule has 1 aromatic heterocycles. The van der Waals surface area contributed by atoms with Gasteiger partial charge in [0.05, 0.1) is 17.2 Å². The van der Waals surface area contributed by atoms with E-state index >= 15 is 0 Å². The van der Waals surface area contributed by atoms with E-state index in [1.54, 1.807) is 24.5 Å². The quantitative estimate of drug-likeness (QED) is 0.923. The summed E-state index contributed by atoms with van der Waals surface area (Å²) < 4.78 is 20.7. The van der Waals surface area contributed by atoms with E-state index in [0.717, 1.165) is 16.6 Å². The number of nitrogens with zero attached hydrogens (tertiary/aromatic N) is 2. The van der Waals surface area contributed by atoms with Crippen LogP contribution in [0.25, 0.3) is 0 Å². The van der Waals surface area contributed by atoms with Gasteiger partial charge in [-0.2, -0.15) is 0 Å². The molecule has 0 bridgehead atoms. The fourth-order valence-electron chi connectivity index (χ4n) is 2.29. The molecule has 1 saturated heterocycles. The molecule has 2 aromatic rings. The molecule has 2 heterocycles. The summed E-state index contributed by atoms with van der Waals surface area (Å²) in [7, 11) is 0. The Hall–Kier alpha value is -1.37. The van der Waals surface area contributed by atoms with E-state index in [4.69, 9.17) is 4.74 Å². The molecule has 0 amide bonds. The predicted molar refractivity (Wildman–Crippen MR) is 80.5 cm³/mol. The van der Waals surface area contributed by atoms with Crippen molar-refractivity contribution >= 4 is 15.9 Å². The third kappa shape index (κ3) is 3.64. The van der Waals surface area contributed by atoms with Gasteiger partial charge in [-0.25, -0.2) is 14.4 Å². The van der Waals surface area contributed by atoms with E-state index in [2.05, 4.69) is 31.2 Å². The van der Waals surface area contributed by atoms with Crippen LogP contribution in [-0.4, -0.2) is 29.7 Å². The second-order valence-corrected chi connectivity index (χ2v) is 5.82. The number of aromatic nitrogens is 2. The molecule has 1 atom stereocenters. The van der Waals surface area contributed by atoms with Gasteiger partial charge in [0.25, 0.3) is 0 Å². The van der Waals surface area contributed by atoms with Crippen LogP contribution in [0.3, 0.4) is 0 Å². The van der Waals surface area contributed by atoms with Crippen LogP contribution in [0.2, 0.25) is 0 Å². The van der Waals surface area contributed by atoms with Crippen molar-refractivity contribution in [1.29, 1.82) is 0 Å². The minimum absolute atomic E-state index is 0.0776. The molecule has 6 heteroatoms. The highest BCUT2D eigenvalue weighted by Crippen LogP contribution is 2.22. The van der Waals surface area contributed by atoms with Gasteiger partial charge in [0.1, 0.15) is 11.6 Å². The molecule has 1 fully saturated rings. The molecule has 1 aliphatic heterocycles. The third-order valence-corrected chi connectivity index (χ3v) is 3.81. The van der Waals surface area contributed by atoms with E-state index in [1.165, 1.54) is 0 Å². The topological polar surface area (TPSA) is 47.0 Å². The van der Waals surface area contributed by atoms with Gasteiger partial charge in [-0.15, -0.1) is 0 Å². The molecule has 4 nitrogen and oxygen atoms in total. The average molecular weight is 352 g/mol. The molecule has 110 valence electrons. The fraction of sp³-hybridized carbons (Fsp3) is 0.333. The summed E-state index contributed by atoms with van der Waals surface area (Å²) in [5.41, 5.74) is 1.45. The Kier molecular flexibility index (Phi) is 4.57. The molecule has 1 aromatic carbocycles. The van der Waals surface area contributed by atoms with E-state index in [9.17, 15) is 4.39 Å². The van der Waals surface area contributed by atoms with Crippen molar-refractivity contribution in [2.45, 2.75) is 12.5 Å². The number of halogens is 2. The van der Waals surface area contributed by atoms with Crippen LogP contribution in [-0.2, 0) is 11.2 Å². The normalized spacial score (nSPS) is 18.7. The van der Waals surface area contributed by atoms with Crippen LogP contribution < -0.4 is 5.32 Å². The van der Waals surface area contributed by atoms with Gasteiger partial charge in [-0.3, -0.25) is 0 Å². The number of nitrogens with one attached hydrogen (secondary N) is 1. The maximum Gasteiger partial charge on any atom is 0.132 e. The minimum atomic E-state index is -0.242. The van der Waals surface area contributed by atoms with Crippen LogP contribution in [0.4, 0.5) is 4.39 Å². The second kappa shape index (κ2) is 6.60. The summed E-state index contributed by atoms with van der Waals surface area (Å²) >= 11 is 3.28. The monoisotopic (exact) mass is 351 g/mol. The zero-order valence-corrected chi connectivity index (χ0v) is 12.9. The molecule has 0 radical (unpaired) electrons. The van der Waals surface area contributed by atoms with Gasteiger partial charge in [-0.1, -0.05) is 12.1 Å². The highest BCUT2D eigenvalue weighted by Gasteiger charge is 2.17. The van der Waals surface area contributed by atoms with Crippen LogP contribution in [0, 0.1) is 5.82 Å². The van der Waals surface area contributed by atoms with Crippen molar-refractivity contribution < 1.29 is 9.13 Å². The molecular formula is C15H15BrFN3O. The molecule has 0 unspecified atom stereocenters. The zero-order chi connectivity index (χ0) is 14.7. The van der Waals surface area contributed by atoms with Gasteiger partial charge >= 0.3 is 0 Å². The Morgan fingerprint density at radius 2 is 2.14 bits per heavy atom. The second-order valence-electron chi connectivity index (χ2n) is 4.91. The van der Waals surface area contributed by atoms with Crippen molar-refractivity contribution in [3.05, 3.63) is 57.8 Å². The van der Waals surface area contributed by atoms with Gasteiger partial charge < -0.3 is 10.1 Å². The number of rotatable bonds is 3. The molecule has 1 aliphatic rings. The summed E-state index contributed by atoms with van der Waals surface area (Å²) in [5, 5.41) is 3.24. The summed E-state index contributed by atoms with van der Waals surface area (Å²) in [6.07, 6.45) is 3.63. The minimum Gasteiger partial charge on any atom is -0.371 e. The van der Waals surface area contributed by atoms with Crippen molar-refractivity contribution in [2.75, 3.05) is 19.7 Å². The number of hydrogen-bond donors (Lipinski definition) is 1. The van der Waals surface area contributed by atoms with Crippen molar-refractivity contribution in [2.24, 2.45) is 0 Å². The summed E-state index contributed by atoms with van der Waals surface area (Å²) in [6.45, 7) is 2.22. The van der Waals surface area contributed by atoms with E-state index in [0.29, 0.717) is 31.0 Å². The third-order valence-electron chi connectivity index (χ3n) is 3.40. The largest absolute Gasteiger partial charge is 0.371 e. The van der Waals surface area contributed by atoms with Crippen LogP contribution in [0.1, 0.15) is 23.1 Å². The molecule has 21 heavy (non-hydrogen) atoms. The Morgan fingerprint density at radius 1 is 1.33 bits per heavy atom. The number of morpholine rings is 1. The van der Waals surface area contributed by atoms with Gasteiger partial charge in [0, 0.05) is 31.9 Å². The standard InChI is InChI=1S/C15H15BrFN3O/c16-12-7-19-15(20-8-12)6-10-1-2-11(5-13(10)17)14-9-18-3-4-21-14/h1-2,5,7-8,14,18H,3-4,6,9H2/t14-/m1/s1. The first-order chi connectivity index (χ1) is 10.2. The Morgan fingerprint density at radius 3 is 2.81 bits per heavy atom. The summed E-state index contributed by atoms with van der Waals surface area (Å²) in [6, 6.07) is 5.24. The SMILES string of the molecule is Fc1cc([C@H]2CNCCO2)ccc1Cc1ncc(Br)cn1. The summed E-state index contributed by atoms with van der Waals surface area (Å²) in [4.78, 5) is 8.34. The summed E-state index contributed by atoms with van der Waals surface area (Å²) in [5.74, 6) is 0.355. The molecular weight excluding hydrogens is 337 g/mol. The predicted octanol–water partition coefficient (Wildman–Crippen LogP) is 2.63. The zero-order valence-electron chi connectivity index (χ0n) is 11.4. The van der Waals surface area contributed by atoms with Crippen molar-refractivity contribution in [1.82, 2.24) is 15.3 Å². The maximum atomic E-state index is 14.2. The molecule has 3 rings (SSSR count). The van der Waals surface area contributed by atoms with Crippen molar-refractivity contribution in [3.63, 3.8) is 0 Å². The number of hydrogen-bond acceptors (Lipinski definition) is 4. The number of ether oxygens (including phenoxy) is 1. The van der Waals surface area contributed by atoms with E-state index in [1.807, 2.05) is 6.07 Å². The lowest BCUT2D eigenvalue weighted by Gasteiger charge is -2.24. The van der Waals surface area contributed by atoms with Crippen LogP contribution in [0.15, 0.2) is 35.1 Å². The molecule has 0 saturated carbocycles. The van der Waals surface area contributed by atoms with Gasteiger partial charge in [-0.05, 0) is 33.1 Å². The maximum absolute atomic E-state index is 14.2. The fourth-order valence-corrected chi connectivity index (χ4v) is 2.49. The Balaban J connectivity index is 1.76. The molecule has 0 spiro atoms. The smallest absolute Gasteiger partial charge is 0.132 e. The lowest BCUT2D eigenvalue weighted by atomic mass is 10.0. The van der Waals surface area contributed by atoms with Crippen molar-refractivity contribution in [3.8, 4) is 0 Å². The number of benzene rings is 1. The average Bonchev–Trinajstić information content (AvgIpc) is 2.52. The molecule has 0 aliphatic carbocycles. The first kappa shape index (κ1) is 14.6. The lowest BCUT2D eigenvalue weighted by molar-refractivity contribution is 0.0275. The molecule has 1 N–H and O–H groups in total. The van der Waals surface area contributed by atoms with Crippen LogP contribution >= 0.6 is 15.9 Å². The highest BCUT2D eigenvalue weighted by molar-refractivity contribution is 9.10. The van der Waals surface area contributed by atoms with Gasteiger partial charge in [0.15, 0.2) is 0 Å². The van der Waals surface area contributed by atoms with E-state index in [-0.39, 0.29) is 11.9 Å².